The van der Waals surface area contributed by atoms with Crippen molar-refractivity contribution >= 4 is 16.9 Å². The lowest BCUT2D eigenvalue weighted by atomic mass is 10.0. The van der Waals surface area contributed by atoms with E-state index in [1.54, 1.807) is 23.9 Å². The Balaban J connectivity index is 1.54. The van der Waals surface area contributed by atoms with Gasteiger partial charge in [-0.3, -0.25) is 4.79 Å². The lowest BCUT2D eigenvalue weighted by Gasteiger charge is -2.13. The first-order chi connectivity index (χ1) is 16.4. The minimum absolute atomic E-state index is 0.0340. The van der Waals surface area contributed by atoms with E-state index in [-0.39, 0.29) is 11.7 Å². The zero-order valence-corrected chi connectivity index (χ0v) is 20.0. The highest BCUT2D eigenvalue weighted by molar-refractivity contribution is 5.86. The van der Waals surface area contributed by atoms with Gasteiger partial charge in [0.25, 0.3) is 0 Å². The number of methoxy groups -OCH3 is 1. The van der Waals surface area contributed by atoms with Crippen molar-refractivity contribution in [3.63, 3.8) is 0 Å². The van der Waals surface area contributed by atoms with Gasteiger partial charge in [0.15, 0.2) is 5.65 Å². The number of nitrogens with zero attached hydrogens (tertiary/aromatic N) is 3. The molecule has 0 saturated carbocycles. The Labute approximate surface area is 198 Å². The predicted octanol–water partition coefficient (Wildman–Crippen LogP) is 5.00. The number of halogens is 1. The van der Waals surface area contributed by atoms with Crippen LogP contribution >= 0.6 is 0 Å². The molecule has 2 aromatic carbocycles. The average molecular weight is 461 g/mol. The zero-order chi connectivity index (χ0) is 24.2. The van der Waals surface area contributed by atoms with E-state index in [0.29, 0.717) is 36.6 Å². The van der Waals surface area contributed by atoms with Gasteiger partial charge in [-0.15, -0.1) is 0 Å². The highest BCUT2D eigenvalue weighted by atomic mass is 19.1. The van der Waals surface area contributed by atoms with E-state index >= 15 is 0 Å². The number of rotatable bonds is 8. The van der Waals surface area contributed by atoms with Crippen LogP contribution in [0.25, 0.3) is 16.7 Å². The van der Waals surface area contributed by atoms with Gasteiger partial charge in [0, 0.05) is 23.9 Å². The Hall–Kier alpha value is -3.74. The molecular formula is C27H29FN4O2. The summed E-state index contributed by atoms with van der Waals surface area (Å²) < 4.78 is 21.0. The Morgan fingerprint density at radius 3 is 2.53 bits per heavy atom. The molecule has 0 aliphatic rings. The zero-order valence-electron chi connectivity index (χ0n) is 20.0. The molecule has 4 aromatic rings. The van der Waals surface area contributed by atoms with Gasteiger partial charge in [-0.2, -0.15) is 10.1 Å². The summed E-state index contributed by atoms with van der Waals surface area (Å²) in [5, 5.41) is 8.48. The van der Waals surface area contributed by atoms with Crippen molar-refractivity contribution in [2.45, 2.75) is 46.6 Å². The first-order valence-corrected chi connectivity index (χ1v) is 11.4. The number of nitrogens with one attached hydrogen (secondary N) is 1. The van der Waals surface area contributed by atoms with E-state index < -0.39 is 0 Å². The van der Waals surface area contributed by atoms with Gasteiger partial charge in [-0.25, -0.2) is 9.07 Å². The van der Waals surface area contributed by atoms with E-state index in [9.17, 15) is 9.18 Å². The largest absolute Gasteiger partial charge is 0.481 e. The highest BCUT2D eigenvalue weighted by Crippen LogP contribution is 2.32. The normalized spacial score (nSPS) is 11.1. The van der Waals surface area contributed by atoms with Gasteiger partial charge in [0.05, 0.1) is 18.5 Å². The molecule has 0 aliphatic carbocycles. The standard InChI is InChI=1S/C27H29FN4O2/c1-5-19-9-11-20(12-10-19)16-29-24(33)14-13-23-17(2)25-18(3)31-32(26(25)30-27(23)34-4)22-8-6-7-21(28)15-22/h6-12,15H,5,13-14,16H2,1-4H3,(H,29,33). The molecule has 4 rings (SSSR count). The molecule has 34 heavy (non-hydrogen) atoms. The molecule has 2 heterocycles. The minimum Gasteiger partial charge on any atom is -0.481 e. The Bertz CT molecular complexity index is 1330. The number of benzene rings is 2. The van der Waals surface area contributed by atoms with Crippen LogP contribution in [0.3, 0.4) is 0 Å². The first kappa shape index (κ1) is 23.4. The molecular weight excluding hydrogens is 431 g/mol. The monoisotopic (exact) mass is 460 g/mol. The Morgan fingerprint density at radius 2 is 1.85 bits per heavy atom. The molecule has 0 fully saturated rings. The molecule has 0 unspecified atom stereocenters. The molecule has 1 amide bonds. The second-order valence-electron chi connectivity index (χ2n) is 8.35. The molecule has 0 aliphatic heterocycles. The maximum atomic E-state index is 13.8. The third-order valence-electron chi connectivity index (χ3n) is 6.10. The van der Waals surface area contributed by atoms with Crippen LogP contribution < -0.4 is 10.1 Å². The Kier molecular flexibility index (Phi) is 6.91. The fourth-order valence-corrected chi connectivity index (χ4v) is 4.20. The van der Waals surface area contributed by atoms with Crippen LogP contribution in [0, 0.1) is 19.7 Å². The molecule has 0 atom stereocenters. The number of aryl methyl sites for hydroxylation is 3. The maximum Gasteiger partial charge on any atom is 0.220 e. The topological polar surface area (TPSA) is 69.0 Å². The molecule has 6 nitrogen and oxygen atoms in total. The third kappa shape index (κ3) is 4.78. The highest BCUT2D eigenvalue weighted by Gasteiger charge is 2.20. The van der Waals surface area contributed by atoms with Gasteiger partial charge in [0.1, 0.15) is 5.82 Å². The number of amides is 1. The number of hydrogen-bond acceptors (Lipinski definition) is 4. The van der Waals surface area contributed by atoms with Crippen LogP contribution in [0.5, 0.6) is 5.88 Å². The summed E-state index contributed by atoms with van der Waals surface area (Å²) in [6.45, 7) is 6.50. The Morgan fingerprint density at radius 1 is 1.12 bits per heavy atom. The van der Waals surface area contributed by atoms with E-state index in [4.69, 9.17) is 9.72 Å². The first-order valence-electron chi connectivity index (χ1n) is 11.4. The van der Waals surface area contributed by atoms with E-state index in [2.05, 4.69) is 29.5 Å². The summed E-state index contributed by atoms with van der Waals surface area (Å²) >= 11 is 0. The molecule has 0 bridgehead atoms. The van der Waals surface area contributed by atoms with Gasteiger partial charge in [0.2, 0.25) is 11.8 Å². The lowest BCUT2D eigenvalue weighted by Crippen LogP contribution is -2.23. The number of pyridine rings is 1. The number of aromatic nitrogens is 3. The second-order valence-corrected chi connectivity index (χ2v) is 8.35. The van der Waals surface area contributed by atoms with Crippen molar-refractivity contribution in [3.05, 3.63) is 82.3 Å². The van der Waals surface area contributed by atoms with Crippen LogP contribution in [0.15, 0.2) is 48.5 Å². The predicted molar refractivity (Wildman–Crippen MR) is 131 cm³/mol. The molecule has 0 radical (unpaired) electrons. The number of ether oxygens (including phenoxy) is 1. The lowest BCUT2D eigenvalue weighted by molar-refractivity contribution is -0.121. The summed E-state index contributed by atoms with van der Waals surface area (Å²) in [7, 11) is 1.56. The second kappa shape index (κ2) is 10.0. The number of fused-ring (bicyclic) bond motifs is 1. The van der Waals surface area contributed by atoms with Gasteiger partial charge >= 0.3 is 0 Å². The van der Waals surface area contributed by atoms with E-state index in [1.165, 1.54) is 17.7 Å². The quantitative estimate of drug-likeness (QED) is 0.402. The van der Waals surface area contributed by atoms with Gasteiger partial charge < -0.3 is 10.1 Å². The molecule has 7 heteroatoms. The number of carbonyl (C=O) groups excluding carboxylic acids is 1. The van der Waals surface area contributed by atoms with Crippen LogP contribution in [0.4, 0.5) is 4.39 Å². The van der Waals surface area contributed by atoms with Crippen molar-refractivity contribution < 1.29 is 13.9 Å². The summed E-state index contributed by atoms with van der Waals surface area (Å²) in [4.78, 5) is 17.2. The van der Waals surface area contributed by atoms with Crippen LogP contribution in [0.1, 0.15) is 41.3 Å². The fourth-order valence-electron chi connectivity index (χ4n) is 4.20. The SMILES string of the molecule is CCc1ccc(CNC(=O)CCc2c(OC)nc3c(c(C)nn3-c3cccc(F)c3)c2C)cc1. The summed E-state index contributed by atoms with van der Waals surface area (Å²) in [5.41, 5.74) is 6.16. The fraction of sp³-hybridized carbons (Fsp3) is 0.296. The minimum atomic E-state index is -0.341. The smallest absolute Gasteiger partial charge is 0.220 e. The van der Waals surface area contributed by atoms with E-state index in [1.807, 2.05) is 26.0 Å². The van der Waals surface area contributed by atoms with Crippen molar-refractivity contribution in [1.82, 2.24) is 20.1 Å². The van der Waals surface area contributed by atoms with E-state index in [0.717, 1.165) is 34.2 Å². The summed E-state index contributed by atoms with van der Waals surface area (Å²) in [5.74, 6) is 0.0743. The van der Waals surface area contributed by atoms with Crippen molar-refractivity contribution in [2.24, 2.45) is 0 Å². The number of hydrogen-bond donors (Lipinski definition) is 1. The van der Waals surface area contributed by atoms with Crippen LogP contribution in [-0.2, 0) is 24.2 Å². The van der Waals surface area contributed by atoms with Crippen molar-refractivity contribution in [3.8, 4) is 11.6 Å². The summed E-state index contributed by atoms with van der Waals surface area (Å²) in [6.07, 6.45) is 1.80. The van der Waals surface area contributed by atoms with Crippen molar-refractivity contribution in [2.75, 3.05) is 7.11 Å². The average Bonchev–Trinajstić information content (AvgIpc) is 3.18. The number of carbonyl (C=O) groups is 1. The van der Waals surface area contributed by atoms with Gasteiger partial charge in [-0.1, -0.05) is 37.3 Å². The van der Waals surface area contributed by atoms with Crippen molar-refractivity contribution in [1.29, 1.82) is 0 Å². The molecule has 176 valence electrons. The molecule has 0 saturated heterocycles. The molecule has 1 N–H and O–H groups in total. The van der Waals surface area contributed by atoms with Crippen LogP contribution in [-0.4, -0.2) is 27.8 Å². The molecule has 2 aromatic heterocycles. The third-order valence-corrected chi connectivity index (χ3v) is 6.10. The summed E-state index contributed by atoms with van der Waals surface area (Å²) in [6, 6.07) is 14.5. The molecule has 0 spiro atoms. The maximum absolute atomic E-state index is 13.8. The van der Waals surface area contributed by atoms with Crippen LogP contribution in [0.2, 0.25) is 0 Å². The van der Waals surface area contributed by atoms with Gasteiger partial charge in [-0.05, 0) is 61.6 Å².